The molecule has 27 heavy (non-hydrogen) atoms. The van der Waals surface area contributed by atoms with E-state index < -0.39 is 0 Å². The van der Waals surface area contributed by atoms with Crippen LogP contribution in [0.25, 0.3) is 11.1 Å². The summed E-state index contributed by atoms with van der Waals surface area (Å²) in [5.74, 6) is 2.27. The van der Waals surface area contributed by atoms with Gasteiger partial charge in [-0.25, -0.2) is 9.99 Å². The third kappa shape index (κ3) is 3.34. The van der Waals surface area contributed by atoms with Gasteiger partial charge in [-0.15, -0.1) is 5.59 Å². The van der Waals surface area contributed by atoms with Crippen molar-refractivity contribution >= 4 is 5.82 Å². The van der Waals surface area contributed by atoms with Crippen molar-refractivity contribution in [3.05, 3.63) is 36.5 Å². The van der Waals surface area contributed by atoms with E-state index in [4.69, 9.17) is 14.3 Å². The average molecular weight is 370 g/mol. The molecule has 0 amide bonds. The Labute approximate surface area is 159 Å². The molecule has 1 aromatic heterocycles. The Hall–Kier alpha value is -2.35. The van der Waals surface area contributed by atoms with Gasteiger partial charge in [0.15, 0.2) is 11.5 Å². The number of rotatable bonds is 4. The summed E-state index contributed by atoms with van der Waals surface area (Å²) >= 11 is 0. The van der Waals surface area contributed by atoms with Gasteiger partial charge in [-0.3, -0.25) is 4.84 Å². The first-order valence-corrected chi connectivity index (χ1v) is 9.30. The smallest absolute Gasteiger partial charge is 0.161 e. The summed E-state index contributed by atoms with van der Waals surface area (Å²) in [6.45, 7) is 0. The average Bonchev–Trinajstić information content (AvgIpc) is 2.95. The van der Waals surface area contributed by atoms with Crippen LogP contribution < -0.4 is 20.4 Å². The van der Waals surface area contributed by atoms with Gasteiger partial charge in [-0.1, -0.05) is 6.07 Å². The van der Waals surface area contributed by atoms with E-state index in [0.717, 1.165) is 34.8 Å². The summed E-state index contributed by atoms with van der Waals surface area (Å²) in [4.78, 5) is 9.60. The summed E-state index contributed by atoms with van der Waals surface area (Å²) in [6.07, 6.45) is 6.22. The molecule has 4 bridgehead atoms. The molecule has 3 aliphatic heterocycles. The number of methoxy groups -OCH3 is 2. The summed E-state index contributed by atoms with van der Waals surface area (Å²) in [5, 5.41) is 5.34. The molecule has 6 rings (SSSR count). The lowest BCUT2D eigenvalue weighted by Gasteiger charge is -2.47. The number of hydrazine groups is 1. The molecule has 0 radical (unpaired) electrons. The lowest BCUT2D eigenvalue weighted by Crippen LogP contribution is -2.61. The fourth-order valence-electron chi connectivity index (χ4n) is 4.03. The first kappa shape index (κ1) is 18.0. The summed E-state index contributed by atoms with van der Waals surface area (Å²) in [6, 6.07) is 11.3. The number of pyridine rings is 1. The molecule has 144 valence electrons. The van der Waals surface area contributed by atoms with Crippen LogP contribution in [0, 0.1) is 0 Å². The molecule has 1 aliphatic carbocycles. The SMILES string of the molecule is C1CC2CC3C1ONN23.CNc1ncccc1-c1ccc(OC)c(OC)c1. The quantitative estimate of drug-likeness (QED) is 0.858. The predicted molar refractivity (Wildman–Crippen MR) is 104 cm³/mol. The predicted octanol–water partition coefficient (Wildman–Crippen LogP) is 2.85. The van der Waals surface area contributed by atoms with E-state index in [0.29, 0.717) is 11.9 Å². The molecular weight excluding hydrogens is 344 g/mol. The van der Waals surface area contributed by atoms with Crippen LogP contribution >= 0.6 is 0 Å². The Morgan fingerprint density at radius 1 is 1.19 bits per heavy atom. The molecule has 4 aliphatic rings. The molecular formula is C20H26N4O3. The number of aromatic nitrogens is 1. The van der Waals surface area contributed by atoms with E-state index in [1.54, 1.807) is 20.4 Å². The highest BCUT2D eigenvalue weighted by Crippen LogP contribution is 2.41. The number of piperidine rings is 1. The molecule has 7 heteroatoms. The third-order valence-corrected chi connectivity index (χ3v) is 5.53. The molecule has 4 unspecified atom stereocenters. The van der Waals surface area contributed by atoms with Crippen LogP contribution in [0.2, 0.25) is 0 Å². The van der Waals surface area contributed by atoms with Gasteiger partial charge in [0.1, 0.15) is 5.82 Å². The van der Waals surface area contributed by atoms with E-state index in [1.807, 2.05) is 37.4 Å². The Bertz CT molecular complexity index is 782. The second kappa shape index (κ2) is 7.72. The molecule has 0 spiro atoms. The first-order chi connectivity index (χ1) is 13.2. The van der Waals surface area contributed by atoms with E-state index in [1.165, 1.54) is 19.3 Å². The summed E-state index contributed by atoms with van der Waals surface area (Å²) in [7, 11) is 5.11. The van der Waals surface area contributed by atoms with Crippen LogP contribution in [-0.2, 0) is 4.84 Å². The largest absolute Gasteiger partial charge is 0.493 e. The lowest BCUT2D eigenvalue weighted by molar-refractivity contribution is -0.0500. The number of hydrogen-bond donors (Lipinski definition) is 2. The molecule has 4 atom stereocenters. The first-order valence-electron chi connectivity index (χ1n) is 9.30. The van der Waals surface area contributed by atoms with E-state index >= 15 is 0 Å². The minimum absolute atomic E-state index is 0.509. The zero-order chi connectivity index (χ0) is 18.8. The number of benzene rings is 1. The second-order valence-corrected chi connectivity index (χ2v) is 6.91. The Kier molecular flexibility index (Phi) is 5.15. The molecule has 4 fully saturated rings. The minimum Gasteiger partial charge on any atom is -0.493 e. The zero-order valence-electron chi connectivity index (χ0n) is 15.9. The van der Waals surface area contributed by atoms with Gasteiger partial charge in [0.05, 0.1) is 26.4 Å². The van der Waals surface area contributed by atoms with Crippen LogP contribution in [0.4, 0.5) is 5.82 Å². The number of fused-ring (bicyclic) bond motifs is 1. The van der Waals surface area contributed by atoms with Gasteiger partial charge in [0, 0.05) is 24.8 Å². The summed E-state index contributed by atoms with van der Waals surface area (Å²) < 4.78 is 10.5. The van der Waals surface area contributed by atoms with Crippen molar-refractivity contribution in [2.75, 3.05) is 26.6 Å². The Morgan fingerprint density at radius 3 is 2.70 bits per heavy atom. The molecule has 7 nitrogen and oxygen atoms in total. The van der Waals surface area contributed by atoms with Crippen LogP contribution in [0.1, 0.15) is 19.3 Å². The van der Waals surface area contributed by atoms with Gasteiger partial charge in [-0.2, -0.15) is 0 Å². The van der Waals surface area contributed by atoms with Crippen molar-refractivity contribution in [2.45, 2.75) is 37.5 Å². The van der Waals surface area contributed by atoms with Crippen molar-refractivity contribution in [1.82, 2.24) is 15.6 Å². The van der Waals surface area contributed by atoms with Crippen molar-refractivity contribution < 1.29 is 14.3 Å². The van der Waals surface area contributed by atoms with Crippen molar-refractivity contribution in [3.63, 3.8) is 0 Å². The normalized spacial score (nSPS) is 27.1. The van der Waals surface area contributed by atoms with Crippen LogP contribution in [0.15, 0.2) is 36.5 Å². The number of anilines is 1. The summed E-state index contributed by atoms with van der Waals surface area (Å²) in [5.41, 5.74) is 5.01. The van der Waals surface area contributed by atoms with Gasteiger partial charge in [-0.05, 0) is 49.1 Å². The van der Waals surface area contributed by atoms with Crippen molar-refractivity contribution in [3.8, 4) is 22.6 Å². The molecule has 3 saturated heterocycles. The highest BCUT2D eigenvalue weighted by Gasteiger charge is 2.52. The van der Waals surface area contributed by atoms with Crippen LogP contribution in [0.3, 0.4) is 0 Å². The maximum Gasteiger partial charge on any atom is 0.161 e. The monoisotopic (exact) mass is 370 g/mol. The zero-order valence-corrected chi connectivity index (χ0v) is 15.9. The van der Waals surface area contributed by atoms with E-state index in [9.17, 15) is 0 Å². The van der Waals surface area contributed by atoms with Crippen LogP contribution in [-0.4, -0.2) is 49.4 Å². The standard InChI is InChI=1S/C14H16N2O2.C6H10N2O/c1-15-14-11(5-4-8-16-14)10-6-7-12(17-2)13(9-10)18-3;1-2-6-5-3-4(1)8(5)7-9-6/h4-9H,1-3H3,(H,15,16);4-7H,1-3H2. The Morgan fingerprint density at radius 2 is 2.04 bits per heavy atom. The van der Waals surface area contributed by atoms with Gasteiger partial charge in [0.2, 0.25) is 0 Å². The van der Waals surface area contributed by atoms with Crippen LogP contribution in [0.5, 0.6) is 11.5 Å². The van der Waals surface area contributed by atoms with Crippen molar-refractivity contribution in [2.24, 2.45) is 0 Å². The second-order valence-electron chi connectivity index (χ2n) is 6.91. The van der Waals surface area contributed by atoms with Gasteiger partial charge in [0.25, 0.3) is 0 Å². The van der Waals surface area contributed by atoms with Gasteiger partial charge < -0.3 is 14.8 Å². The highest BCUT2D eigenvalue weighted by atomic mass is 16.7. The molecule has 2 aromatic rings. The maximum absolute atomic E-state index is 5.31. The van der Waals surface area contributed by atoms with Gasteiger partial charge >= 0.3 is 0 Å². The number of hydrogen-bond acceptors (Lipinski definition) is 7. The minimum atomic E-state index is 0.509. The number of nitrogens with one attached hydrogen (secondary N) is 2. The fourth-order valence-corrected chi connectivity index (χ4v) is 4.03. The molecule has 1 aromatic carbocycles. The molecule has 1 saturated carbocycles. The van der Waals surface area contributed by atoms with E-state index in [-0.39, 0.29) is 0 Å². The lowest BCUT2D eigenvalue weighted by atomic mass is 9.80. The van der Waals surface area contributed by atoms with E-state index in [2.05, 4.69) is 20.9 Å². The topological polar surface area (TPSA) is 67.9 Å². The third-order valence-electron chi connectivity index (χ3n) is 5.53. The van der Waals surface area contributed by atoms with Crippen molar-refractivity contribution in [1.29, 1.82) is 0 Å². The molecule has 4 heterocycles. The highest BCUT2D eigenvalue weighted by molar-refractivity contribution is 5.76. The number of nitrogens with zero attached hydrogens (tertiary/aromatic N) is 2. The molecule has 2 N–H and O–H groups in total. The maximum atomic E-state index is 5.31. The fraction of sp³-hybridized carbons (Fsp3) is 0.450. The Balaban J connectivity index is 0.000000163. The number of ether oxygens (including phenoxy) is 2.